The molecular weight excluding hydrogens is 566 g/mol. The summed E-state index contributed by atoms with van der Waals surface area (Å²) in [7, 11) is 0. The fourth-order valence-electron chi connectivity index (χ4n) is 6.14. The lowest BCUT2D eigenvalue weighted by Crippen LogP contribution is -2.35. The maximum Gasteiger partial charge on any atom is 0.0737 e. The normalized spacial score (nSPS) is 27.7. The molecule has 4 unspecified atom stereocenters. The number of allylic oxidation sites excluding steroid dienone is 2. The molecule has 5 atom stereocenters. The lowest BCUT2D eigenvalue weighted by molar-refractivity contribution is 0.143. The van der Waals surface area contributed by atoms with Crippen LogP contribution < -0.4 is 0 Å². The van der Waals surface area contributed by atoms with Crippen LogP contribution in [-0.4, -0.2) is 1.43 Å². The average Bonchev–Trinajstić information content (AvgIpc) is 2.65. The molecule has 0 heterocycles. The van der Waals surface area contributed by atoms with Gasteiger partial charge in [-0.25, -0.2) is 0 Å². The summed E-state index contributed by atoms with van der Waals surface area (Å²) in [5.74, 6) is 6.13. The zero-order valence-corrected chi connectivity index (χ0v) is 23.5. The highest BCUT2D eigenvalue weighted by molar-refractivity contribution is 14.2. The Morgan fingerprint density at radius 3 is 2.18 bits per heavy atom. The van der Waals surface area contributed by atoms with Gasteiger partial charge in [0.25, 0.3) is 0 Å². The first kappa shape index (κ1) is 25.5. The van der Waals surface area contributed by atoms with Crippen LogP contribution in [0.2, 0.25) is 0 Å². The van der Waals surface area contributed by atoms with E-state index in [-0.39, 0.29) is 0 Å². The molecule has 164 valence electrons. The molecule has 0 amide bonds. The van der Waals surface area contributed by atoms with Gasteiger partial charge in [0.2, 0.25) is 0 Å². The van der Waals surface area contributed by atoms with Crippen LogP contribution in [0.4, 0.5) is 0 Å². The monoisotopic (exact) mass is 612 g/mol. The van der Waals surface area contributed by atoms with Gasteiger partial charge in [0.05, 0.1) is 1.43 Å². The van der Waals surface area contributed by atoms with Crippen LogP contribution in [0.5, 0.6) is 0 Å². The Balaban J connectivity index is 2.10. The number of alkyl halides is 2. The predicted molar refractivity (Wildman–Crippen MR) is 143 cm³/mol. The van der Waals surface area contributed by atoms with Crippen molar-refractivity contribution < 1.29 is 0 Å². The number of hydrogen-bond acceptors (Lipinski definition) is 0. The van der Waals surface area contributed by atoms with Crippen molar-refractivity contribution in [3.63, 3.8) is 0 Å². The molecule has 0 aromatic rings. The Bertz CT molecular complexity index is 456. The second kappa shape index (κ2) is 12.3. The van der Waals surface area contributed by atoms with Crippen LogP contribution in [0.1, 0.15) is 105 Å². The summed E-state index contributed by atoms with van der Waals surface area (Å²) >= 11 is 5.53. The standard InChI is InChI=1S/C26H46I2/c1-6-24(19(2)3)25(26(5,27)28)18-23(22-10-8-7-9-11-22)17-16-21-14-12-20(4)13-15-21/h12,14,19-25H,6-11,13,15-18H2,1-5H3/t20?,21?,23-,24?,25?/m1/s1. The number of hydrogen-bond donors (Lipinski definition) is 0. The largest absolute Gasteiger partial charge is 0.0854 e. The van der Waals surface area contributed by atoms with Crippen LogP contribution >= 0.6 is 45.2 Å². The van der Waals surface area contributed by atoms with E-state index in [4.69, 9.17) is 0 Å². The summed E-state index contributed by atoms with van der Waals surface area (Å²) in [5.41, 5.74) is 0. The SMILES string of the molecule is CCC(C(C)C)C(C[C@@H](CCC1C=CC(C)CC1)C1CCCCC1)C(C)(I)I. The van der Waals surface area contributed by atoms with Crippen LogP contribution in [0.3, 0.4) is 0 Å². The van der Waals surface area contributed by atoms with Crippen LogP contribution in [0.15, 0.2) is 12.2 Å². The first-order valence-electron chi connectivity index (χ1n) is 12.3. The quantitative estimate of drug-likeness (QED) is 0.131. The molecule has 0 radical (unpaired) electrons. The van der Waals surface area contributed by atoms with E-state index >= 15 is 0 Å². The Labute approximate surface area is 204 Å². The van der Waals surface area contributed by atoms with Gasteiger partial charge in [0.15, 0.2) is 0 Å². The Kier molecular flexibility index (Phi) is 11.2. The Morgan fingerprint density at radius 1 is 1.00 bits per heavy atom. The average molecular weight is 612 g/mol. The molecule has 28 heavy (non-hydrogen) atoms. The van der Waals surface area contributed by atoms with Gasteiger partial charge in [-0.1, -0.05) is 124 Å². The summed E-state index contributed by atoms with van der Waals surface area (Å²) in [6, 6.07) is 0. The van der Waals surface area contributed by atoms with Gasteiger partial charge in [-0.3, -0.25) is 0 Å². The number of rotatable bonds is 10. The second-order valence-corrected chi connectivity index (χ2v) is 17.1. The van der Waals surface area contributed by atoms with Crippen molar-refractivity contribution in [3.8, 4) is 0 Å². The van der Waals surface area contributed by atoms with Crippen molar-refractivity contribution in [2.75, 3.05) is 0 Å². The lowest BCUT2D eigenvalue weighted by Gasteiger charge is -2.41. The van der Waals surface area contributed by atoms with Gasteiger partial charge < -0.3 is 0 Å². The molecule has 2 aliphatic rings. The van der Waals surface area contributed by atoms with E-state index in [2.05, 4.69) is 92.0 Å². The fourth-order valence-corrected chi connectivity index (χ4v) is 7.57. The highest BCUT2D eigenvalue weighted by atomic mass is 127. The van der Waals surface area contributed by atoms with Gasteiger partial charge in [-0.05, 0) is 80.5 Å². The molecule has 0 N–H and O–H groups in total. The van der Waals surface area contributed by atoms with E-state index in [1.54, 1.807) is 0 Å². The van der Waals surface area contributed by atoms with E-state index in [0.717, 1.165) is 41.4 Å². The second-order valence-electron chi connectivity index (χ2n) is 10.5. The Morgan fingerprint density at radius 2 is 1.68 bits per heavy atom. The zero-order chi connectivity index (χ0) is 20.7. The third kappa shape index (κ3) is 8.04. The van der Waals surface area contributed by atoms with Gasteiger partial charge in [0.1, 0.15) is 0 Å². The highest BCUT2D eigenvalue weighted by Crippen LogP contribution is 2.49. The van der Waals surface area contributed by atoms with Crippen molar-refractivity contribution in [1.29, 1.82) is 0 Å². The summed E-state index contributed by atoms with van der Waals surface area (Å²) < 4.78 is 0.369. The van der Waals surface area contributed by atoms with Crippen LogP contribution in [0.25, 0.3) is 0 Å². The molecule has 0 saturated heterocycles. The van der Waals surface area contributed by atoms with E-state index in [1.807, 2.05) is 0 Å². The fraction of sp³-hybridized carbons (Fsp3) is 0.923. The first-order chi connectivity index (χ1) is 13.2. The van der Waals surface area contributed by atoms with Crippen LogP contribution in [0, 0.1) is 41.4 Å². The van der Waals surface area contributed by atoms with Gasteiger partial charge in [-0.15, -0.1) is 0 Å². The minimum atomic E-state index is 0.369. The molecule has 0 nitrogen and oxygen atoms in total. The molecular formula is C26H46I2. The molecule has 0 aromatic carbocycles. The predicted octanol–water partition coefficient (Wildman–Crippen LogP) is 9.84. The van der Waals surface area contributed by atoms with E-state index in [1.165, 1.54) is 70.6 Å². The van der Waals surface area contributed by atoms with Gasteiger partial charge in [0, 0.05) is 0 Å². The van der Waals surface area contributed by atoms with Crippen molar-refractivity contribution in [2.45, 2.75) is 107 Å². The molecule has 2 rings (SSSR count). The minimum Gasteiger partial charge on any atom is -0.0854 e. The molecule has 0 aliphatic heterocycles. The summed E-state index contributed by atoms with van der Waals surface area (Å²) in [4.78, 5) is 0. The van der Waals surface area contributed by atoms with E-state index in [9.17, 15) is 0 Å². The van der Waals surface area contributed by atoms with Crippen molar-refractivity contribution in [1.82, 2.24) is 0 Å². The molecule has 1 fully saturated rings. The van der Waals surface area contributed by atoms with E-state index < -0.39 is 0 Å². The van der Waals surface area contributed by atoms with Crippen LogP contribution in [-0.2, 0) is 0 Å². The molecule has 1 saturated carbocycles. The van der Waals surface area contributed by atoms with Crippen molar-refractivity contribution >= 4 is 45.2 Å². The maximum absolute atomic E-state index is 2.76. The smallest absolute Gasteiger partial charge is 0.0737 e. The third-order valence-electron chi connectivity index (χ3n) is 7.98. The molecule has 2 heteroatoms. The topological polar surface area (TPSA) is 0 Å². The van der Waals surface area contributed by atoms with Crippen molar-refractivity contribution in [3.05, 3.63) is 12.2 Å². The summed E-state index contributed by atoms with van der Waals surface area (Å²) in [6.45, 7) is 12.2. The first-order valence-corrected chi connectivity index (χ1v) is 14.4. The molecule has 2 aliphatic carbocycles. The number of halogens is 2. The molecule has 0 spiro atoms. The van der Waals surface area contributed by atoms with Gasteiger partial charge in [-0.2, -0.15) is 0 Å². The van der Waals surface area contributed by atoms with E-state index in [0.29, 0.717) is 1.43 Å². The Hall–Kier alpha value is 1.20. The van der Waals surface area contributed by atoms with Gasteiger partial charge >= 0.3 is 0 Å². The summed E-state index contributed by atoms with van der Waals surface area (Å²) in [5, 5.41) is 0. The highest BCUT2D eigenvalue weighted by Gasteiger charge is 2.39. The maximum atomic E-state index is 2.76. The third-order valence-corrected chi connectivity index (χ3v) is 9.58. The molecule has 0 bridgehead atoms. The molecule has 0 aromatic heterocycles. The minimum absolute atomic E-state index is 0.369. The summed E-state index contributed by atoms with van der Waals surface area (Å²) in [6.07, 6.45) is 21.1. The zero-order valence-electron chi connectivity index (χ0n) is 19.2. The lowest BCUT2D eigenvalue weighted by atomic mass is 9.69. The van der Waals surface area contributed by atoms with Crippen molar-refractivity contribution in [2.24, 2.45) is 41.4 Å².